The molecule has 8 heteroatoms. The average Bonchev–Trinajstić information content (AvgIpc) is 3.41. The minimum atomic E-state index is -0.230. The molecule has 0 radical (unpaired) electrons. The minimum Gasteiger partial charge on any atom is -0.457 e. The predicted molar refractivity (Wildman–Crippen MR) is 108 cm³/mol. The maximum absolute atomic E-state index is 12.7. The van der Waals surface area contributed by atoms with E-state index in [-0.39, 0.29) is 5.56 Å². The Labute approximate surface area is 167 Å². The van der Waals surface area contributed by atoms with Crippen LogP contribution in [0.5, 0.6) is 0 Å². The third kappa shape index (κ3) is 3.00. The second kappa shape index (κ2) is 6.70. The fourth-order valence-corrected chi connectivity index (χ4v) is 3.79. The molecule has 0 unspecified atom stereocenters. The maximum atomic E-state index is 12.7. The number of nitrogens with zero attached hydrogens (tertiary/aromatic N) is 4. The van der Waals surface area contributed by atoms with E-state index >= 15 is 0 Å². The Morgan fingerprint density at radius 3 is 2.68 bits per heavy atom. The topological polar surface area (TPSA) is 73.3 Å². The van der Waals surface area contributed by atoms with E-state index in [4.69, 9.17) is 16.0 Å². The number of aromatic nitrogens is 4. The highest BCUT2D eigenvalue weighted by Gasteiger charge is 2.12. The van der Waals surface area contributed by atoms with Crippen LogP contribution in [0.15, 0.2) is 70.1 Å². The van der Waals surface area contributed by atoms with Gasteiger partial charge in [-0.15, -0.1) is 5.10 Å². The summed E-state index contributed by atoms with van der Waals surface area (Å²) in [6.07, 6.45) is 5.04. The van der Waals surface area contributed by atoms with Gasteiger partial charge in [0.25, 0.3) is 5.56 Å². The van der Waals surface area contributed by atoms with Crippen LogP contribution in [0, 0.1) is 0 Å². The summed E-state index contributed by atoms with van der Waals surface area (Å²) in [6, 6.07) is 14.7. The Morgan fingerprint density at radius 2 is 1.93 bits per heavy atom. The summed E-state index contributed by atoms with van der Waals surface area (Å²) >= 11 is 7.18. The summed E-state index contributed by atoms with van der Waals surface area (Å²) in [7, 11) is 0. The van der Waals surface area contributed by atoms with Crippen LogP contribution in [0.25, 0.3) is 33.7 Å². The third-order valence-corrected chi connectivity index (χ3v) is 5.34. The standard InChI is InChI=1S/C20H11ClN4O2S/c21-14-5-3-12(4-6-14)16-8-7-15(27-16)10-17-19(26)25-20(28-17)23-18(24-25)13-2-1-9-22-11-13/h1-11H. The quantitative estimate of drug-likeness (QED) is 0.457. The molecule has 0 saturated heterocycles. The number of fused-ring (bicyclic) bond motifs is 1. The van der Waals surface area contributed by atoms with E-state index in [0.29, 0.717) is 31.9 Å². The lowest BCUT2D eigenvalue weighted by molar-refractivity contribution is 0.571. The van der Waals surface area contributed by atoms with Gasteiger partial charge in [-0.25, -0.2) is 0 Å². The first-order chi connectivity index (χ1) is 13.7. The van der Waals surface area contributed by atoms with Crippen LogP contribution in [-0.4, -0.2) is 19.6 Å². The highest BCUT2D eigenvalue weighted by Crippen LogP contribution is 2.24. The van der Waals surface area contributed by atoms with Crippen molar-refractivity contribution in [2.24, 2.45) is 0 Å². The molecule has 0 saturated carbocycles. The van der Waals surface area contributed by atoms with Crippen molar-refractivity contribution in [3.63, 3.8) is 0 Å². The van der Waals surface area contributed by atoms with Crippen LogP contribution in [0.2, 0.25) is 5.02 Å². The molecule has 4 heterocycles. The molecule has 0 spiro atoms. The number of rotatable bonds is 3. The first-order valence-electron chi connectivity index (χ1n) is 8.35. The van der Waals surface area contributed by atoms with E-state index < -0.39 is 0 Å². The monoisotopic (exact) mass is 406 g/mol. The van der Waals surface area contributed by atoms with Gasteiger partial charge >= 0.3 is 0 Å². The maximum Gasteiger partial charge on any atom is 0.291 e. The summed E-state index contributed by atoms with van der Waals surface area (Å²) in [5.74, 6) is 1.76. The molecule has 1 aromatic carbocycles. The van der Waals surface area contributed by atoms with E-state index in [1.807, 2.05) is 30.3 Å². The van der Waals surface area contributed by atoms with Crippen molar-refractivity contribution in [1.82, 2.24) is 19.6 Å². The lowest BCUT2D eigenvalue weighted by Gasteiger charge is -1.96. The highest BCUT2D eigenvalue weighted by molar-refractivity contribution is 7.15. The summed E-state index contributed by atoms with van der Waals surface area (Å²) in [4.78, 5) is 21.7. The van der Waals surface area contributed by atoms with E-state index in [0.717, 1.165) is 11.1 Å². The molecule has 0 amide bonds. The molecule has 5 rings (SSSR count). The Balaban J connectivity index is 1.52. The largest absolute Gasteiger partial charge is 0.457 e. The fourth-order valence-electron chi connectivity index (χ4n) is 2.78. The molecule has 0 aliphatic rings. The molecule has 0 N–H and O–H groups in total. The predicted octanol–water partition coefficient (Wildman–Crippen LogP) is 3.67. The smallest absolute Gasteiger partial charge is 0.291 e. The number of benzene rings is 1. The van der Waals surface area contributed by atoms with Gasteiger partial charge in [0.1, 0.15) is 16.1 Å². The van der Waals surface area contributed by atoms with Gasteiger partial charge in [0, 0.05) is 34.6 Å². The van der Waals surface area contributed by atoms with Crippen LogP contribution in [0.4, 0.5) is 0 Å². The Morgan fingerprint density at radius 1 is 1.07 bits per heavy atom. The van der Waals surface area contributed by atoms with Crippen molar-refractivity contribution in [2.45, 2.75) is 0 Å². The van der Waals surface area contributed by atoms with Gasteiger partial charge in [0.2, 0.25) is 4.96 Å². The zero-order valence-electron chi connectivity index (χ0n) is 14.2. The SMILES string of the molecule is O=c1c(=Cc2ccc(-c3ccc(Cl)cc3)o2)sc2nc(-c3cccnc3)nn12. The zero-order valence-corrected chi connectivity index (χ0v) is 15.8. The van der Waals surface area contributed by atoms with E-state index in [9.17, 15) is 4.79 Å². The van der Waals surface area contributed by atoms with Crippen molar-refractivity contribution in [1.29, 1.82) is 0 Å². The number of thiazole rings is 1. The normalized spacial score (nSPS) is 12.1. The molecule has 0 atom stereocenters. The first kappa shape index (κ1) is 16.9. The van der Waals surface area contributed by atoms with E-state index in [1.54, 1.807) is 36.7 Å². The number of hydrogen-bond acceptors (Lipinski definition) is 6. The van der Waals surface area contributed by atoms with Crippen LogP contribution in [0.1, 0.15) is 5.76 Å². The van der Waals surface area contributed by atoms with Crippen LogP contribution in [0.3, 0.4) is 0 Å². The van der Waals surface area contributed by atoms with Gasteiger partial charge in [-0.1, -0.05) is 22.9 Å². The fraction of sp³-hybridized carbons (Fsp3) is 0. The van der Waals surface area contributed by atoms with Crippen LogP contribution in [-0.2, 0) is 0 Å². The molecule has 0 bridgehead atoms. The molecular weight excluding hydrogens is 396 g/mol. The van der Waals surface area contributed by atoms with Crippen molar-refractivity contribution in [3.05, 3.63) is 86.6 Å². The van der Waals surface area contributed by atoms with Crippen LogP contribution < -0.4 is 10.1 Å². The Hall–Kier alpha value is -3.29. The van der Waals surface area contributed by atoms with Gasteiger partial charge < -0.3 is 4.42 Å². The number of furan rings is 1. The van der Waals surface area contributed by atoms with Gasteiger partial charge in [-0.3, -0.25) is 9.78 Å². The number of hydrogen-bond donors (Lipinski definition) is 0. The highest BCUT2D eigenvalue weighted by atomic mass is 35.5. The molecule has 4 aromatic heterocycles. The van der Waals surface area contributed by atoms with Gasteiger partial charge in [0.05, 0.1) is 0 Å². The first-order valence-corrected chi connectivity index (χ1v) is 9.54. The molecule has 0 aliphatic carbocycles. The minimum absolute atomic E-state index is 0.230. The third-order valence-electron chi connectivity index (χ3n) is 4.13. The van der Waals surface area contributed by atoms with E-state index in [2.05, 4.69) is 15.1 Å². The second-order valence-electron chi connectivity index (χ2n) is 6.00. The van der Waals surface area contributed by atoms with Crippen molar-refractivity contribution in [2.75, 3.05) is 0 Å². The number of pyridine rings is 1. The van der Waals surface area contributed by atoms with Crippen molar-refractivity contribution < 1.29 is 4.42 Å². The van der Waals surface area contributed by atoms with Gasteiger partial charge in [-0.05, 0) is 48.5 Å². The van der Waals surface area contributed by atoms with Crippen LogP contribution >= 0.6 is 22.9 Å². The van der Waals surface area contributed by atoms with Gasteiger partial charge in [0.15, 0.2) is 5.82 Å². The second-order valence-corrected chi connectivity index (χ2v) is 7.44. The molecule has 0 aliphatic heterocycles. The summed E-state index contributed by atoms with van der Waals surface area (Å²) in [6.45, 7) is 0. The average molecular weight is 407 g/mol. The molecule has 0 fully saturated rings. The summed E-state index contributed by atoms with van der Waals surface area (Å²) in [5, 5.41) is 4.97. The Kier molecular flexibility index (Phi) is 4.03. The molecule has 136 valence electrons. The summed E-state index contributed by atoms with van der Waals surface area (Å²) in [5.41, 5.74) is 1.45. The van der Waals surface area contributed by atoms with Gasteiger partial charge in [-0.2, -0.15) is 9.50 Å². The molecular formula is C20H11ClN4O2S. The van der Waals surface area contributed by atoms with Crippen molar-refractivity contribution >= 4 is 34.0 Å². The van der Waals surface area contributed by atoms with Crippen molar-refractivity contribution in [3.8, 4) is 22.7 Å². The molecule has 28 heavy (non-hydrogen) atoms. The Bertz CT molecular complexity index is 1390. The lowest BCUT2D eigenvalue weighted by Crippen LogP contribution is -2.23. The van der Waals surface area contributed by atoms with E-state index in [1.165, 1.54) is 15.9 Å². The number of halogens is 1. The summed E-state index contributed by atoms with van der Waals surface area (Å²) < 4.78 is 7.66. The zero-order chi connectivity index (χ0) is 19.1. The molecule has 5 aromatic rings. The molecule has 6 nitrogen and oxygen atoms in total. The lowest BCUT2D eigenvalue weighted by atomic mass is 10.2.